The van der Waals surface area contributed by atoms with Crippen LogP contribution < -0.4 is 10.5 Å². The van der Waals surface area contributed by atoms with E-state index in [1.807, 2.05) is 6.07 Å². The van der Waals surface area contributed by atoms with Crippen molar-refractivity contribution in [1.82, 2.24) is 0 Å². The van der Waals surface area contributed by atoms with Gasteiger partial charge in [-0.25, -0.2) is 4.39 Å². The zero-order chi connectivity index (χ0) is 14.7. The maximum Gasteiger partial charge on any atom is 0.146 e. The standard InChI is InChI=1S/C14H11BrCl2FNO/c15-9-6-10(16)12(18)7-14(9)20-13-2-1-8(3-4-19)5-11(13)17/h1-2,5-7H,3-4,19H2. The summed E-state index contributed by atoms with van der Waals surface area (Å²) < 4.78 is 19.6. The molecule has 0 saturated heterocycles. The quantitative estimate of drug-likeness (QED) is 0.743. The second kappa shape index (κ2) is 6.76. The third-order valence-corrected chi connectivity index (χ3v) is 3.83. The molecule has 0 aliphatic carbocycles. The summed E-state index contributed by atoms with van der Waals surface area (Å²) >= 11 is 15.1. The Morgan fingerprint density at radius 3 is 2.50 bits per heavy atom. The lowest BCUT2D eigenvalue weighted by Gasteiger charge is -2.11. The average Bonchev–Trinajstić information content (AvgIpc) is 2.39. The highest BCUT2D eigenvalue weighted by molar-refractivity contribution is 9.10. The Bertz CT molecular complexity index is 637. The molecule has 20 heavy (non-hydrogen) atoms. The summed E-state index contributed by atoms with van der Waals surface area (Å²) in [6, 6.07) is 8.02. The molecule has 0 saturated carbocycles. The minimum absolute atomic E-state index is 0.0219. The van der Waals surface area contributed by atoms with Gasteiger partial charge in [0.05, 0.1) is 14.5 Å². The van der Waals surface area contributed by atoms with Gasteiger partial charge in [-0.1, -0.05) is 29.3 Å². The molecule has 106 valence electrons. The third-order valence-electron chi connectivity index (χ3n) is 2.62. The Labute approximate surface area is 134 Å². The number of ether oxygens (including phenoxy) is 1. The molecular formula is C14H11BrCl2FNO. The van der Waals surface area contributed by atoms with Gasteiger partial charge in [0.15, 0.2) is 0 Å². The molecule has 0 fully saturated rings. The van der Waals surface area contributed by atoms with Crippen molar-refractivity contribution in [3.63, 3.8) is 0 Å². The highest BCUT2D eigenvalue weighted by Gasteiger charge is 2.11. The zero-order valence-corrected chi connectivity index (χ0v) is 13.4. The van der Waals surface area contributed by atoms with E-state index in [0.717, 1.165) is 12.0 Å². The Morgan fingerprint density at radius 2 is 1.85 bits per heavy atom. The normalized spacial score (nSPS) is 10.7. The number of halogens is 4. The lowest BCUT2D eigenvalue weighted by molar-refractivity contribution is 0.473. The van der Waals surface area contributed by atoms with E-state index >= 15 is 0 Å². The topological polar surface area (TPSA) is 35.2 Å². The molecule has 6 heteroatoms. The minimum Gasteiger partial charge on any atom is -0.455 e. The molecule has 0 heterocycles. The number of hydrogen-bond acceptors (Lipinski definition) is 2. The second-order valence-corrected chi connectivity index (χ2v) is 5.77. The molecular weight excluding hydrogens is 368 g/mol. The molecule has 0 aromatic heterocycles. The lowest BCUT2D eigenvalue weighted by atomic mass is 10.1. The Balaban J connectivity index is 2.28. The first-order valence-electron chi connectivity index (χ1n) is 5.82. The maximum atomic E-state index is 13.4. The summed E-state index contributed by atoms with van der Waals surface area (Å²) in [6.45, 7) is 0.546. The van der Waals surface area contributed by atoms with Crippen LogP contribution in [-0.2, 0) is 6.42 Å². The fraction of sp³-hybridized carbons (Fsp3) is 0.143. The number of rotatable bonds is 4. The van der Waals surface area contributed by atoms with Crippen molar-refractivity contribution in [3.8, 4) is 11.5 Å². The van der Waals surface area contributed by atoms with Crippen LogP contribution in [0.25, 0.3) is 0 Å². The molecule has 2 aromatic carbocycles. The Kier molecular flexibility index (Phi) is 5.27. The lowest BCUT2D eigenvalue weighted by Crippen LogP contribution is -2.02. The van der Waals surface area contributed by atoms with Gasteiger partial charge in [-0.2, -0.15) is 0 Å². The van der Waals surface area contributed by atoms with Crippen molar-refractivity contribution in [1.29, 1.82) is 0 Å². The fourth-order valence-corrected chi connectivity index (χ4v) is 2.61. The summed E-state index contributed by atoms with van der Waals surface area (Å²) in [5.41, 5.74) is 6.51. The van der Waals surface area contributed by atoms with Gasteiger partial charge in [0.1, 0.15) is 17.3 Å². The first-order valence-corrected chi connectivity index (χ1v) is 7.37. The van der Waals surface area contributed by atoms with E-state index in [-0.39, 0.29) is 5.02 Å². The molecule has 0 spiro atoms. The van der Waals surface area contributed by atoms with Gasteiger partial charge >= 0.3 is 0 Å². The Morgan fingerprint density at radius 1 is 1.10 bits per heavy atom. The molecule has 2 rings (SSSR count). The first-order chi connectivity index (χ1) is 9.51. The smallest absolute Gasteiger partial charge is 0.146 e. The second-order valence-electron chi connectivity index (χ2n) is 4.10. The summed E-state index contributed by atoms with van der Waals surface area (Å²) in [5.74, 6) is 0.191. The predicted molar refractivity (Wildman–Crippen MR) is 83.4 cm³/mol. The van der Waals surface area contributed by atoms with E-state index in [0.29, 0.717) is 27.5 Å². The number of nitrogens with two attached hydrogens (primary N) is 1. The summed E-state index contributed by atoms with van der Waals surface area (Å²) in [7, 11) is 0. The molecule has 0 radical (unpaired) electrons. The minimum atomic E-state index is -0.555. The highest BCUT2D eigenvalue weighted by atomic mass is 79.9. The van der Waals surface area contributed by atoms with Gasteiger partial charge < -0.3 is 10.5 Å². The molecule has 0 aliphatic heterocycles. The predicted octanol–water partition coefficient (Wildman–Crippen LogP) is 5.19. The van der Waals surface area contributed by atoms with Gasteiger partial charge in [0.25, 0.3) is 0 Å². The molecule has 2 N–H and O–H groups in total. The van der Waals surface area contributed by atoms with Crippen LogP contribution in [0.15, 0.2) is 34.8 Å². The van der Waals surface area contributed by atoms with Crippen LogP contribution in [0.1, 0.15) is 5.56 Å². The molecule has 0 aliphatic rings. The summed E-state index contributed by atoms with van der Waals surface area (Å²) in [4.78, 5) is 0. The Hall–Kier alpha value is -0.810. The van der Waals surface area contributed by atoms with Crippen LogP contribution in [0.4, 0.5) is 4.39 Å². The summed E-state index contributed by atoms with van der Waals surface area (Å²) in [5, 5.41) is 0.465. The van der Waals surface area contributed by atoms with Gasteiger partial charge in [-0.05, 0) is 52.7 Å². The SMILES string of the molecule is NCCc1ccc(Oc2cc(F)c(Cl)cc2Br)c(Cl)c1. The average molecular weight is 379 g/mol. The van der Waals surface area contributed by atoms with Crippen molar-refractivity contribution in [2.45, 2.75) is 6.42 Å². The molecule has 0 bridgehead atoms. The number of benzene rings is 2. The first kappa shape index (κ1) is 15.6. The van der Waals surface area contributed by atoms with Crippen LogP contribution in [-0.4, -0.2) is 6.54 Å². The van der Waals surface area contributed by atoms with Crippen molar-refractivity contribution in [2.75, 3.05) is 6.54 Å². The largest absolute Gasteiger partial charge is 0.455 e. The van der Waals surface area contributed by atoms with Crippen LogP contribution in [0.2, 0.25) is 10.0 Å². The van der Waals surface area contributed by atoms with Gasteiger partial charge in [0.2, 0.25) is 0 Å². The van der Waals surface area contributed by atoms with Gasteiger partial charge in [-0.3, -0.25) is 0 Å². The monoisotopic (exact) mass is 377 g/mol. The molecule has 0 amide bonds. The fourth-order valence-electron chi connectivity index (χ4n) is 1.65. The van der Waals surface area contributed by atoms with E-state index in [1.165, 1.54) is 12.1 Å². The highest BCUT2D eigenvalue weighted by Crippen LogP contribution is 2.36. The van der Waals surface area contributed by atoms with Crippen molar-refractivity contribution >= 4 is 39.1 Å². The van der Waals surface area contributed by atoms with E-state index in [9.17, 15) is 4.39 Å². The summed E-state index contributed by atoms with van der Waals surface area (Å²) in [6.07, 6.45) is 0.735. The maximum absolute atomic E-state index is 13.4. The van der Waals surface area contributed by atoms with Crippen molar-refractivity contribution < 1.29 is 9.13 Å². The van der Waals surface area contributed by atoms with Crippen LogP contribution >= 0.6 is 39.1 Å². The van der Waals surface area contributed by atoms with E-state index < -0.39 is 5.82 Å². The zero-order valence-electron chi connectivity index (χ0n) is 10.3. The van der Waals surface area contributed by atoms with Crippen LogP contribution in [0.5, 0.6) is 11.5 Å². The van der Waals surface area contributed by atoms with Crippen molar-refractivity contribution in [2.24, 2.45) is 5.73 Å². The van der Waals surface area contributed by atoms with E-state index in [4.69, 9.17) is 33.7 Å². The van der Waals surface area contributed by atoms with Gasteiger partial charge in [-0.15, -0.1) is 0 Å². The van der Waals surface area contributed by atoms with E-state index in [2.05, 4.69) is 15.9 Å². The molecule has 2 nitrogen and oxygen atoms in total. The molecule has 2 aromatic rings. The third kappa shape index (κ3) is 3.64. The van der Waals surface area contributed by atoms with Crippen LogP contribution in [0, 0.1) is 5.82 Å². The van der Waals surface area contributed by atoms with E-state index in [1.54, 1.807) is 12.1 Å². The van der Waals surface area contributed by atoms with Gasteiger partial charge in [0, 0.05) is 6.07 Å². The van der Waals surface area contributed by atoms with Crippen molar-refractivity contribution in [3.05, 3.63) is 56.2 Å². The molecule has 0 atom stereocenters. The molecule has 0 unspecified atom stereocenters. The van der Waals surface area contributed by atoms with Crippen LogP contribution in [0.3, 0.4) is 0 Å². The number of hydrogen-bond donors (Lipinski definition) is 1.